The molecule has 0 aromatic carbocycles. The summed E-state index contributed by atoms with van der Waals surface area (Å²) in [5.41, 5.74) is 0.942. The van der Waals surface area contributed by atoms with E-state index in [9.17, 15) is 0 Å². The maximum Gasteiger partial charge on any atom is 0.195 e. The van der Waals surface area contributed by atoms with Crippen molar-refractivity contribution in [3.8, 4) is 0 Å². The first kappa shape index (κ1) is 11.9. The van der Waals surface area contributed by atoms with Crippen LogP contribution in [-0.4, -0.2) is 24.7 Å². The van der Waals surface area contributed by atoms with Gasteiger partial charge in [0.1, 0.15) is 11.6 Å². The Bertz CT molecular complexity index is 569. The van der Waals surface area contributed by atoms with E-state index in [0.29, 0.717) is 17.2 Å². The van der Waals surface area contributed by atoms with Gasteiger partial charge in [0.2, 0.25) is 0 Å². The normalized spacial score (nSPS) is 11.1. The van der Waals surface area contributed by atoms with E-state index in [1.54, 1.807) is 6.20 Å². The molecule has 5 nitrogen and oxygen atoms in total. The van der Waals surface area contributed by atoms with Crippen molar-refractivity contribution in [3.05, 3.63) is 34.4 Å². The Labute approximate surface area is 105 Å². The SMILES string of the molecule is Cc1nccc(Cn2c(C(C)C)n[nH]c2=S)n1. The lowest BCUT2D eigenvalue weighted by Crippen LogP contribution is -2.08. The fourth-order valence-electron chi connectivity index (χ4n) is 1.68. The van der Waals surface area contributed by atoms with Crippen molar-refractivity contribution in [2.24, 2.45) is 0 Å². The van der Waals surface area contributed by atoms with Crippen molar-refractivity contribution in [2.45, 2.75) is 33.2 Å². The van der Waals surface area contributed by atoms with E-state index in [1.807, 2.05) is 17.6 Å². The molecule has 0 amide bonds. The molecule has 2 rings (SSSR count). The van der Waals surface area contributed by atoms with Gasteiger partial charge in [-0.25, -0.2) is 9.97 Å². The number of hydrogen-bond acceptors (Lipinski definition) is 4. The minimum absolute atomic E-state index is 0.325. The van der Waals surface area contributed by atoms with Crippen LogP contribution in [-0.2, 0) is 6.54 Å². The molecule has 2 heterocycles. The third kappa shape index (κ3) is 2.58. The zero-order chi connectivity index (χ0) is 12.4. The van der Waals surface area contributed by atoms with Crippen LogP contribution < -0.4 is 0 Å². The number of aromatic amines is 1. The fourth-order valence-corrected chi connectivity index (χ4v) is 1.88. The number of H-pyrrole nitrogens is 1. The molecule has 1 N–H and O–H groups in total. The summed E-state index contributed by atoms with van der Waals surface area (Å²) in [5, 5.41) is 7.06. The topological polar surface area (TPSA) is 59.4 Å². The molecule has 0 saturated heterocycles. The predicted molar refractivity (Wildman–Crippen MR) is 67.4 cm³/mol. The lowest BCUT2D eigenvalue weighted by molar-refractivity contribution is 0.653. The number of hydrogen-bond donors (Lipinski definition) is 1. The third-order valence-electron chi connectivity index (χ3n) is 2.46. The molecule has 0 aliphatic heterocycles. The molecule has 2 aromatic rings. The highest BCUT2D eigenvalue weighted by Crippen LogP contribution is 2.13. The number of aromatic nitrogens is 5. The van der Waals surface area contributed by atoms with Gasteiger partial charge in [0.25, 0.3) is 0 Å². The van der Waals surface area contributed by atoms with Crippen molar-refractivity contribution in [1.29, 1.82) is 0 Å². The summed E-state index contributed by atoms with van der Waals surface area (Å²) in [6.45, 7) is 6.69. The predicted octanol–water partition coefficient (Wildman–Crippen LogP) is 2.21. The number of rotatable bonds is 3. The van der Waals surface area contributed by atoms with Gasteiger partial charge in [-0.1, -0.05) is 13.8 Å². The maximum atomic E-state index is 5.23. The summed E-state index contributed by atoms with van der Waals surface area (Å²) in [6.07, 6.45) is 1.76. The molecule has 0 bridgehead atoms. The number of nitrogens with zero attached hydrogens (tertiary/aromatic N) is 4. The molecule has 2 aromatic heterocycles. The van der Waals surface area contributed by atoms with Gasteiger partial charge in [-0.15, -0.1) is 0 Å². The van der Waals surface area contributed by atoms with Gasteiger partial charge in [0.05, 0.1) is 12.2 Å². The summed E-state index contributed by atoms with van der Waals surface area (Å²) >= 11 is 5.23. The Morgan fingerprint density at radius 1 is 1.47 bits per heavy atom. The van der Waals surface area contributed by atoms with Crippen LogP contribution in [0.1, 0.15) is 37.1 Å². The minimum atomic E-state index is 0.325. The quantitative estimate of drug-likeness (QED) is 0.847. The van der Waals surface area contributed by atoms with Crippen LogP contribution in [0.4, 0.5) is 0 Å². The zero-order valence-corrected chi connectivity index (χ0v) is 11.0. The van der Waals surface area contributed by atoms with Gasteiger partial charge in [-0.3, -0.25) is 9.67 Å². The molecule has 0 atom stereocenters. The van der Waals surface area contributed by atoms with Crippen LogP contribution in [0.5, 0.6) is 0 Å². The molecule has 0 saturated carbocycles. The average molecular weight is 249 g/mol. The summed E-state index contributed by atoms with van der Waals surface area (Å²) < 4.78 is 2.60. The lowest BCUT2D eigenvalue weighted by atomic mass is 10.2. The van der Waals surface area contributed by atoms with Gasteiger partial charge in [0, 0.05) is 12.1 Å². The van der Waals surface area contributed by atoms with Crippen molar-refractivity contribution in [3.63, 3.8) is 0 Å². The first-order chi connectivity index (χ1) is 8.08. The van der Waals surface area contributed by atoms with E-state index in [1.165, 1.54) is 0 Å². The smallest absolute Gasteiger partial charge is 0.195 e. The van der Waals surface area contributed by atoms with Gasteiger partial charge in [0.15, 0.2) is 4.77 Å². The van der Waals surface area contributed by atoms with E-state index in [0.717, 1.165) is 17.3 Å². The van der Waals surface area contributed by atoms with Crippen LogP contribution in [0.25, 0.3) is 0 Å². The van der Waals surface area contributed by atoms with Crippen LogP contribution >= 0.6 is 12.2 Å². The molecule has 0 aliphatic rings. The van der Waals surface area contributed by atoms with E-state index in [2.05, 4.69) is 34.0 Å². The second kappa shape index (κ2) is 4.75. The first-order valence-electron chi connectivity index (χ1n) is 5.51. The molecule has 90 valence electrons. The molecule has 0 spiro atoms. The minimum Gasteiger partial charge on any atom is -0.298 e. The highest BCUT2D eigenvalue weighted by molar-refractivity contribution is 7.71. The Hall–Kier alpha value is -1.56. The average Bonchev–Trinajstić information content (AvgIpc) is 2.61. The third-order valence-corrected chi connectivity index (χ3v) is 2.77. The van der Waals surface area contributed by atoms with Crippen LogP contribution in [0.15, 0.2) is 12.3 Å². The Morgan fingerprint density at radius 2 is 2.24 bits per heavy atom. The Morgan fingerprint density at radius 3 is 2.88 bits per heavy atom. The van der Waals surface area contributed by atoms with Gasteiger partial charge < -0.3 is 0 Å². The summed E-state index contributed by atoms with van der Waals surface area (Å²) in [5.74, 6) is 2.04. The fraction of sp³-hybridized carbons (Fsp3) is 0.455. The van der Waals surface area contributed by atoms with Crippen molar-refractivity contribution >= 4 is 12.2 Å². The van der Waals surface area contributed by atoms with E-state index >= 15 is 0 Å². The maximum absolute atomic E-state index is 5.23. The summed E-state index contributed by atoms with van der Waals surface area (Å²) in [7, 11) is 0. The molecular formula is C11H15N5S. The van der Waals surface area contributed by atoms with Crippen LogP contribution in [0.3, 0.4) is 0 Å². The second-order valence-electron chi connectivity index (χ2n) is 4.22. The molecular weight excluding hydrogens is 234 g/mol. The highest BCUT2D eigenvalue weighted by atomic mass is 32.1. The standard InChI is InChI=1S/C11H15N5S/c1-7(2)10-14-15-11(17)16(10)6-9-4-5-12-8(3)13-9/h4-5,7H,6H2,1-3H3,(H,15,17). The second-order valence-corrected chi connectivity index (χ2v) is 4.61. The lowest BCUT2D eigenvalue weighted by Gasteiger charge is -2.08. The summed E-state index contributed by atoms with van der Waals surface area (Å²) in [6, 6.07) is 1.89. The van der Waals surface area contributed by atoms with Crippen molar-refractivity contribution in [2.75, 3.05) is 0 Å². The summed E-state index contributed by atoms with van der Waals surface area (Å²) in [4.78, 5) is 8.45. The molecule has 6 heteroatoms. The van der Waals surface area contributed by atoms with E-state index in [4.69, 9.17) is 12.2 Å². The largest absolute Gasteiger partial charge is 0.298 e. The van der Waals surface area contributed by atoms with Gasteiger partial charge in [-0.2, -0.15) is 5.10 Å². The molecule has 0 radical (unpaired) electrons. The van der Waals surface area contributed by atoms with E-state index in [-0.39, 0.29) is 0 Å². The Kier molecular flexibility index (Phi) is 3.33. The molecule has 0 unspecified atom stereocenters. The number of nitrogens with one attached hydrogen (secondary N) is 1. The van der Waals surface area contributed by atoms with Crippen LogP contribution in [0.2, 0.25) is 0 Å². The number of aryl methyl sites for hydroxylation is 1. The van der Waals surface area contributed by atoms with Crippen molar-refractivity contribution < 1.29 is 0 Å². The molecule has 0 aliphatic carbocycles. The first-order valence-corrected chi connectivity index (χ1v) is 5.92. The van der Waals surface area contributed by atoms with E-state index < -0.39 is 0 Å². The van der Waals surface area contributed by atoms with Gasteiger partial charge in [-0.05, 0) is 25.2 Å². The van der Waals surface area contributed by atoms with Gasteiger partial charge >= 0.3 is 0 Å². The Balaban J connectivity index is 2.36. The molecule has 0 fully saturated rings. The van der Waals surface area contributed by atoms with Crippen LogP contribution in [0, 0.1) is 11.7 Å². The zero-order valence-electron chi connectivity index (χ0n) is 10.1. The highest BCUT2D eigenvalue weighted by Gasteiger charge is 2.10. The molecule has 17 heavy (non-hydrogen) atoms. The van der Waals surface area contributed by atoms with Crippen molar-refractivity contribution in [1.82, 2.24) is 24.7 Å². The monoisotopic (exact) mass is 249 g/mol.